The SMILES string of the molecule is CC(C)[Si](c1ccc(-c2c(F)c(F)c(-c3ccc([Si](C(C)C)C(C)C)cc3)c(F)c2F)cc1)C(C)C. The van der Waals surface area contributed by atoms with Crippen molar-refractivity contribution in [1.29, 1.82) is 0 Å². The van der Waals surface area contributed by atoms with Crippen LogP contribution in [0, 0.1) is 23.3 Å². The lowest BCUT2D eigenvalue weighted by atomic mass is 9.97. The second kappa shape index (κ2) is 11.5. The van der Waals surface area contributed by atoms with Crippen molar-refractivity contribution in [1.82, 2.24) is 0 Å². The van der Waals surface area contributed by atoms with Gasteiger partial charge in [-0.2, -0.15) is 0 Å². The van der Waals surface area contributed by atoms with Crippen molar-refractivity contribution in [3.8, 4) is 22.3 Å². The number of rotatable bonds is 8. The van der Waals surface area contributed by atoms with Crippen LogP contribution in [-0.4, -0.2) is 17.6 Å². The van der Waals surface area contributed by atoms with E-state index in [4.69, 9.17) is 0 Å². The lowest BCUT2D eigenvalue weighted by Crippen LogP contribution is -2.35. The molecule has 192 valence electrons. The lowest BCUT2D eigenvalue weighted by Gasteiger charge is -2.23. The Kier molecular flexibility index (Phi) is 9.04. The molecule has 0 aliphatic carbocycles. The highest BCUT2D eigenvalue weighted by molar-refractivity contribution is 6.76. The predicted octanol–water partition coefficient (Wildman–Crippen LogP) is 8.62. The van der Waals surface area contributed by atoms with Gasteiger partial charge in [0, 0.05) is 0 Å². The average molecular weight is 529 g/mol. The number of hydrogen-bond donors (Lipinski definition) is 0. The van der Waals surface area contributed by atoms with Gasteiger partial charge in [0.1, 0.15) is 0 Å². The molecule has 0 fully saturated rings. The molecule has 3 rings (SSSR count). The molecule has 36 heavy (non-hydrogen) atoms. The van der Waals surface area contributed by atoms with Gasteiger partial charge in [-0.1, -0.05) is 114 Å². The highest BCUT2D eigenvalue weighted by atomic mass is 28.3. The normalized spacial score (nSPS) is 12.3. The topological polar surface area (TPSA) is 0 Å². The van der Waals surface area contributed by atoms with E-state index in [-0.39, 0.29) is 11.1 Å². The van der Waals surface area contributed by atoms with Gasteiger partial charge in [0.05, 0.1) is 28.7 Å². The molecule has 0 N–H and O–H groups in total. The number of benzene rings is 3. The van der Waals surface area contributed by atoms with Crippen LogP contribution < -0.4 is 10.4 Å². The first kappa shape index (κ1) is 28.4. The molecule has 0 amide bonds. The van der Waals surface area contributed by atoms with E-state index in [1.165, 1.54) is 0 Å². The summed E-state index contributed by atoms with van der Waals surface area (Å²) in [5.74, 6) is -5.47. The van der Waals surface area contributed by atoms with E-state index in [0.29, 0.717) is 22.2 Å². The van der Waals surface area contributed by atoms with E-state index in [1.807, 2.05) is 24.3 Å². The van der Waals surface area contributed by atoms with Crippen molar-refractivity contribution in [3.63, 3.8) is 0 Å². The Balaban J connectivity index is 2.05. The summed E-state index contributed by atoms with van der Waals surface area (Å²) >= 11 is 0. The van der Waals surface area contributed by atoms with Crippen molar-refractivity contribution in [2.24, 2.45) is 0 Å². The lowest BCUT2D eigenvalue weighted by molar-refractivity contribution is 0.463. The summed E-state index contributed by atoms with van der Waals surface area (Å²) in [6, 6.07) is 13.6. The third-order valence-electron chi connectivity index (χ3n) is 6.77. The Morgan fingerprint density at radius 3 is 0.833 bits per heavy atom. The molecule has 0 aliphatic heterocycles. The Morgan fingerprint density at radius 1 is 0.417 bits per heavy atom. The highest BCUT2D eigenvalue weighted by Gasteiger charge is 2.29. The summed E-state index contributed by atoms with van der Waals surface area (Å²) in [6.07, 6.45) is 0. The summed E-state index contributed by atoms with van der Waals surface area (Å²) in [4.78, 5) is 0. The van der Waals surface area contributed by atoms with Crippen LogP contribution >= 0.6 is 0 Å². The molecule has 0 spiro atoms. The minimum Gasteiger partial charge on any atom is -0.203 e. The molecule has 0 aliphatic rings. The molecule has 3 aromatic carbocycles. The predicted molar refractivity (Wildman–Crippen MR) is 148 cm³/mol. The van der Waals surface area contributed by atoms with Gasteiger partial charge in [-0.3, -0.25) is 0 Å². The molecular weight excluding hydrogens is 492 g/mol. The van der Waals surface area contributed by atoms with E-state index < -0.39 is 52.0 Å². The molecule has 0 saturated carbocycles. The maximum Gasteiger partial charge on any atom is 0.170 e. The van der Waals surface area contributed by atoms with Crippen molar-refractivity contribution >= 4 is 28.0 Å². The Labute approximate surface area is 217 Å². The summed E-state index contributed by atoms with van der Waals surface area (Å²) in [5, 5.41) is 2.27. The van der Waals surface area contributed by atoms with Crippen LogP contribution in [-0.2, 0) is 0 Å². The van der Waals surface area contributed by atoms with Crippen LogP contribution in [0.4, 0.5) is 17.6 Å². The van der Waals surface area contributed by atoms with Crippen LogP contribution in [0.15, 0.2) is 48.5 Å². The fourth-order valence-corrected chi connectivity index (χ4v) is 11.9. The van der Waals surface area contributed by atoms with Crippen LogP contribution in [0.3, 0.4) is 0 Å². The van der Waals surface area contributed by atoms with Crippen LogP contribution in [0.1, 0.15) is 55.4 Å². The first-order valence-electron chi connectivity index (χ1n) is 12.7. The van der Waals surface area contributed by atoms with E-state index >= 15 is 17.6 Å². The van der Waals surface area contributed by atoms with Crippen molar-refractivity contribution < 1.29 is 17.6 Å². The molecular formula is C30H36F4Si2. The summed E-state index contributed by atoms with van der Waals surface area (Å²) in [5.41, 5.74) is 0.851. The van der Waals surface area contributed by atoms with Gasteiger partial charge in [-0.25, -0.2) is 17.6 Å². The van der Waals surface area contributed by atoms with Gasteiger partial charge in [0.15, 0.2) is 23.3 Å². The molecule has 3 aromatic rings. The Morgan fingerprint density at radius 2 is 0.639 bits per heavy atom. The fourth-order valence-electron chi connectivity index (χ4n) is 5.46. The largest absolute Gasteiger partial charge is 0.203 e. The monoisotopic (exact) mass is 528 g/mol. The molecule has 0 nitrogen and oxygen atoms in total. The molecule has 0 aromatic heterocycles. The first-order valence-corrected chi connectivity index (χ1v) is 16.0. The summed E-state index contributed by atoms with van der Waals surface area (Å²) < 4.78 is 61.0. The smallest absolute Gasteiger partial charge is 0.170 e. The average Bonchev–Trinajstić information content (AvgIpc) is 2.79. The van der Waals surface area contributed by atoms with E-state index in [1.54, 1.807) is 24.3 Å². The molecule has 0 unspecified atom stereocenters. The zero-order valence-electron chi connectivity index (χ0n) is 22.4. The first-order chi connectivity index (χ1) is 16.9. The number of hydrogen-bond acceptors (Lipinski definition) is 0. The van der Waals surface area contributed by atoms with Crippen molar-refractivity contribution in [2.45, 2.75) is 77.6 Å². The zero-order valence-corrected chi connectivity index (χ0v) is 24.4. The molecule has 0 saturated heterocycles. The second-order valence-electron chi connectivity index (χ2n) is 10.7. The number of halogens is 4. The van der Waals surface area contributed by atoms with E-state index in [0.717, 1.165) is 10.4 Å². The Bertz CT molecular complexity index is 1040. The summed E-state index contributed by atoms with van der Waals surface area (Å²) in [6.45, 7) is 17.4. The third-order valence-corrected chi connectivity index (χ3v) is 13.7. The molecule has 2 radical (unpaired) electrons. The van der Waals surface area contributed by atoms with Gasteiger partial charge < -0.3 is 0 Å². The van der Waals surface area contributed by atoms with Gasteiger partial charge in [0.25, 0.3) is 0 Å². The summed E-state index contributed by atoms with van der Waals surface area (Å²) in [7, 11) is -1.77. The molecule has 0 heterocycles. The van der Waals surface area contributed by atoms with Gasteiger partial charge >= 0.3 is 0 Å². The quantitative estimate of drug-likeness (QED) is 0.156. The van der Waals surface area contributed by atoms with Crippen molar-refractivity contribution in [2.75, 3.05) is 0 Å². The Hall–Kier alpha value is -2.19. The fraction of sp³-hybridized carbons (Fsp3) is 0.400. The van der Waals surface area contributed by atoms with E-state index in [9.17, 15) is 0 Å². The highest BCUT2D eigenvalue weighted by Crippen LogP contribution is 2.37. The van der Waals surface area contributed by atoms with Crippen LogP contribution in [0.5, 0.6) is 0 Å². The third kappa shape index (κ3) is 5.54. The standard InChI is InChI=1S/C30H36F4Si2/c1-17(2)35(18(3)4)23-13-9-21(10-14-23)25-27(31)29(33)26(30(34)28(25)32)22-11-15-24(16-12-22)36(19(5)6)20(7)8/h9-20H,1-8H3. The van der Waals surface area contributed by atoms with Crippen LogP contribution in [0.25, 0.3) is 22.3 Å². The molecule has 0 atom stereocenters. The maximum absolute atomic E-state index is 15.2. The van der Waals surface area contributed by atoms with Crippen molar-refractivity contribution in [3.05, 3.63) is 71.8 Å². The van der Waals surface area contributed by atoms with Gasteiger partial charge in [0.2, 0.25) is 0 Å². The van der Waals surface area contributed by atoms with Gasteiger partial charge in [-0.15, -0.1) is 0 Å². The molecule has 6 heteroatoms. The minimum atomic E-state index is -1.37. The van der Waals surface area contributed by atoms with E-state index in [2.05, 4.69) is 55.4 Å². The minimum absolute atomic E-state index is 0.128. The zero-order chi connectivity index (χ0) is 26.9. The molecule has 0 bridgehead atoms. The van der Waals surface area contributed by atoms with Gasteiger partial charge in [-0.05, 0) is 33.3 Å². The second-order valence-corrected chi connectivity index (χ2v) is 18.3. The maximum atomic E-state index is 15.2. The van der Waals surface area contributed by atoms with Crippen LogP contribution in [0.2, 0.25) is 22.2 Å².